The number of amides is 1. The van der Waals surface area contributed by atoms with E-state index in [0.29, 0.717) is 11.8 Å². The van der Waals surface area contributed by atoms with E-state index in [1.807, 2.05) is 36.2 Å². The first-order chi connectivity index (χ1) is 9.19. The first-order valence-corrected chi connectivity index (χ1v) is 7.32. The Morgan fingerprint density at radius 1 is 1.45 bits per heavy atom. The summed E-state index contributed by atoms with van der Waals surface area (Å²) in [6.45, 7) is 1.74. The van der Waals surface area contributed by atoms with Gasteiger partial charge in [-0.15, -0.1) is 12.4 Å². The molecule has 1 aliphatic rings. The van der Waals surface area contributed by atoms with Crippen molar-refractivity contribution in [3.8, 4) is 5.75 Å². The predicted octanol–water partition coefficient (Wildman–Crippen LogP) is 2.46. The Bertz CT molecular complexity index is 437. The maximum Gasteiger partial charge on any atom is 0.260 e. The molecule has 1 aliphatic heterocycles. The van der Waals surface area contributed by atoms with E-state index in [2.05, 4.69) is 21.2 Å². The molecule has 0 aromatic heterocycles. The van der Waals surface area contributed by atoms with Crippen molar-refractivity contribution in [2.45, 2.75) is 18.9 Å². The number of nitrogens with one attached hydrogen (secondary N) is 1. The lowest BCUT2D eigenvalue weighted by molar-refractivity contribution is -0.134. The molecule has 0 saturated carbocycles. The molecule has 4 nitrogen and oxygen atoms in total. The SMILES string of the molecule is CNC1CCN(C(=O)COc2cccc(Br)c2)CC1.Cl. The van der Waals surface area contributed by atoms with Gasteiger partial charge in [-0.1, -0.05) is 22.0 Å². The number of benzene rings is 1. The van der Waals surface area contributed by atoms with Gasteiger partial charge in [-0.3, -0.25) is 4.79 Å². The predicted molar refractivity (Wildman–Crippen MR) is 85.5 cm³/mol. The standard InChI is InChI=1S/C14H19BrN2O2.ClH/c1-16-12-5-7-17(8-6-12)14(18)10-19-13-4-2-3-11(15)9-13;/h2-4,9,12,16H,5-8,10H2,1H3;1H. The molecule has 1 saturated heterocycles. The Labute approximate surface area is 134 Å². The Balaban J connectivity index is 0.00000200. The van der Waals surface area contributed by atoms with E-state index in [0.717, 1.165) is 30.4 Å². The van der Waals surface area contributed by atoms with Gasteiger partial charge in [-0.05, 0) is 38.1 Å². The zero-order valence-electron chi connectivity index (χ0n) is 11.5. The van der Waals surface area contributed by atoms with Crippen LogP contribution in [-0.4, -0.2) is 43.6 Å². The van der Waals surface area contributed by atoms with E-state index < -0.39 is 0 Å². The summed E-state index contributed by atoms with van der Waals surface area (Å²) in [6, 6.07) is 8.07. The van der Waals surface area contributed by atoms with Crippen LogP contribution < -0.4 is 10.1 Å². The van der Waals surface area contributed by atoms with Crippen LogP contribution in [0.15, 0.2) is 28.7 Å². The van der Waals surface area contributed by atoms with Crippen molar-refractivity contribution in [2.75, 3.05) is 26.7 Å². The minimum Gasteiger partial charge on any atom is -0.484 e. The van der Waals surface area contributed by atoms with Gasteiger partial charge in [0.25, 0.3) is 5.91 Å². The minimum absolute atomic E-state index is 0. The van der Waals surface area contributed by atoms with Crippen LogP contribution in [0.3, 0.4) is 0 Å². The summed E-state index contributed by atoms with van der Waals surface area (Å²) in [7, 11) is 1.97. The largest absolute Gasteiger partial charge is 0.484 e. The summed E-state index contributed by atoms with van der Waals surface area (Å²) in [5.41, 5.74) is 0. The van der Waals surface area contributed by atoms with Crippen LogP contribution in [0.1, 0.15) is 12.8 Å². The van der Waals surface area contributed by atoms with Gasteiger partial charge in [0, 0.05) is 23.6 Å². The van der Waals surface area contributed by atoms with Crippen LogP contribution in [0.5, 0.6) is 5.75 Å². The maximum atomic E-state index is 12.0. The number of hydrogen-bond donors (Lipinski definition) is 1. The molecule has 1 fully saturated rings. The zero-order valence-corrected chi connectivity index (χ0v) is 13.9. The molecule has 112 valence electrons. The summed E-state index contributed by atoms with van der Waals surface area (Å²) in [4.78, 5) is 13.9. The molecule has 6 heteroatoms. The number of carbonyl (C=O) groups excluding carboxylic acids is 1. The van der Waals surface area contributed by atoms with Crippen molar-refractivity contribution >= 4 is 34.2 Å². The van der Waals surface area contributed by atoms with Gasteiger partial charge in [0.1, 0.15) is 5.75 Å². The number of halogens is 2. The van der Waals surface area contributed by atoms with Gasteiger partial charge >= 0.3 is 0 Å². The lowest BCUT2D eigenvalue weighted by Crippen LogP contribution is -2.45. The van der Waals surface area contributed by atoms with E-state index >= 15 is 0 Å². The molecule has 1 aromatic rings. The Morgan fingerprint density at radius 2 is 2.15 bits per heavy atom. The number of carbonyl (C=O) groups is 1. The molecule has 1 heterocycles. The number of likely N-dealkylation sites (tertiary alicyclic amines) is 1. The van der Waals surface area contributed by atoms with Crippen molar-refractivity contribution in [3.63, 3.8) is 0 Å². The van der Waals surface area contributed by atoms with Gasteiger partial charge < -0.3 is 15.0 Å². The molecule has 0 atom stereocenters. The van der Waals surface area contributed by atoms with Crippen LogP contribution in [0.2, 0.25) is 0 Å². The van der Waals surface area contributed by atoms with E-state index in [9.17, 15) is 4.79 Å². The highest BCUT2D eigenvalue weighted by Gasteiger charge is 2.21. The Hall–Kier alpha value is -0.780. The first-order valence-electron chi connectivity index (χ1n) is 6.52. The molecule has 0 unspecified atom stereocenters. The molecule has 0 bridgehead atoms. The smallest absolute Gasteiger partial charge is 0.260 e. The molecule has 2 rings (SSSR count). The quantitative estimate of drug-likeness (QED) is 0.893. The van der Waals surface area contributed by atoms with Crippen molar-refractivity contribution in [2.24, 2.45) is 0 Å². The molecule has 1 amide bonds. The number of hydrogen-bond acceptors (Lipinski definition) is 3. The van der Waals surface area contributed by atoms with Crippen molar-refractivity contribution in [3.05, 3.63) is 28.7 Å². The van der Waals surface area contributed by atoms with E-state index in [1.54, 1.807) is 0 Å². The maximum absolute atomic E-state index is 12.0. The second kappa shape index (κ2) is 8.49. The molecule has 20 heavy (non-hydrogen) atoms. The summed E-state index contributed by atoms with van der Waals surface area (Å²) in [5, 5.41) is 3.25. The number of ether oxygens (including phenoxy) is 1. The summed E-state index contributed by atoms with van der Waals surface area (Å²) in [6.07, 6.45) is 2.03. The first kappa shape index (κ1) is 17.3. The molecular weight excluding hydrogens is 344 g/mol. The van der Waals surface area contributed by atoms with Crippen LogP contribution in [0.25, 0.3) is 0 Å². The van der Waals surface area contributed by atoms with Gasteiger partial charge in [0.15, 0.2) is 6.61 Å². The van der Waals surface area contributed by atoms with E-state index in [1.165, 1.54) is 0 Å². The third-order valence-electron chi connectivity index (χ3n) is 3.41. The molecule has 1 aromatic carbocycles. The summed E-state index contributed by atoms with van der Waals surface area (Å²) >= 11 is 3.38. The van der Waals surface area contributed by atoms with E-state index in [4.69, 9.17) is 4.74 Å². The fourth-order valence-electron chi connectivity index (χ4n) is 2.21. The van der Waals surface area contributed by atoms with Crippen LogP contribution in [0, 0.1) is 0 Å². The number of rotatable bonds is 4. The van der Waals surface area contributed by atoms with Crippen molar-refractivity contribution < 1.29 is 9.53 Å². The molecule has 0 radical (unpaired) electrons. The summed E-state index contributed by atoms with van der Waals surface area (Å²) in [5.74, 6) is 0.780. The van der Waals surface area contributed by atoms with Crippen molar-refractivity contribution in [1.82, 2.24) is 10.2 Å². The second-order valence-electron chi connectivity index (χ2n) is 4.69. The fraction of sp³-hybridized carbons (Fsp3) is 0.500. The molecular formula is C14H20BrClN2O2. The highest BCUT2D eigenvalue weighted by Crippen LogP contribution is 2.18. The highest BCUT2D eigenvalue weighted by molar-refractivity contribution is 9.10. The lowest BCUT2D eigenvalue weighted by Gasteiger charge is -2.31. The lowest BCUT2D eigenvalue weighted by atomic mass is 10.1. The Kier molecular flexibility index (Phi) is 7.34. The van der Waals surface area contributed by atoms with Gasteiger partial charge in [-0.25, -0.2) is 0 Å². The number of nitrogens with zero attached hydrogens (tertiary/aromatic N) is 1. The van der Waals surface area contributed by atoms with Crippen LogP contribution in [0.4, 0.5) is 0 Å². The van der Waals surface area contributed by atoms with Gasteiger partial charge in [0.05, 0.1) is 0 Å². The molecule has 0 spiro atoms. The second-order valence-corrected chi connectivity index (χ2v) is 5.61. The van der Waals surface area contributed by atoms with Gasteiger partial charge in [-0.2, -0.15) is 0 Å². The normalized spacial score (nSPS) is 15.6. The Morgan fingerprint density at radius 3 is 2.75 bits per heavy atom. The van der Waals surface area contributed by atoms with Gasteiger partial charge in [0.2, 0.25) is 0 Å². The third-order valence-corrected chi connectivity index (χ3v) is 3.91. The number of piperidine rings is 1. The van der Waals surface area contributed by atoms with Crippen molar-refractivity contribution in [1.29, 1.82) is 0 Å². The average molecular weight is 364 g/mol. The van der Waals surface area contributed by atoms with Crippen LogP contribution in [-0.2, 0) is 4.79 Å². The average Bonchev–Trinajstić information content (AvgIpc) is 2.45. The van der Waals surface area contributed by atoms with E-state index in [-0.39, 0.29) is 24.9 Å². The minimum atomic E-state index is 0. The zero-order chi connectivity index (χ0) is 13.7. The van der Waals surface area contributed by atoms with Crippen LogP contribution >= 0.6 is 28.3 Å². The molecule has 1 N–H and O–H groups in total. The fourth-order valence-corrected chi connectivity index (χ4v) is 2.59. The summed E-state index contributed by atoms with van der Waals surface area (Å²) < 4.78 is 6.47. The monoisotopic (exact) mass is 362 g/mol. The third kappa shape index (κ3) is 4.96. The highest BCUT2D eigenvalue weighted by atomic mass is 79.9. The molecule has 0 aliphatic carbocycles. The topological polar surface area (TPSA) is 41.6 Å².